The fourth-order valence-electron chi connectivity index (χ4n) is 11.4. The van der Waals surface area contributed by atoms with Gasteiger partial charge in [0.2, 0.25) is 41.3 Å². The number of carbonyl (C=O) groups is 8. The van der Waals surface area contributed by atoms with Crippen LogP contribution in [0.15, 0.2) is 83.9 Å². The zero-order chi connectivity index (χ0) is 71.0. The Morgan fingerprint density at radius 2 is 1.45 bits per heavy atom. The minimum absolute atomic E-state index is 0.0379. The summed E-state index contributed by atoms with van der Waals surface area (Å²) in [6.45, 7) is 5.10. The third-order valence-corrected chi connectivity index (χ3v) is 17.0. The molecule has 3 aromatic carbocycles. The van der Waals surface area contributed by atoms with Crippen molar-refractivity contribution in [1.29, 1.82) is 0 Å². The highest BCUT2D eigenvalue weighted by molar-refractivity contribution is 7.90. The Bertz CT molecular complexity index is 3310. The monoisotopic (exact) mass is 1390 g/mol. The van der Waals surface area contributed by atoms with Gasteiger partial charge in [0.1, 0.15) is 48.6 Å². The van der Waals surface area contributed by atoms with Crippen molar-refractivity contribution in [3.8, 4) is 40.1 Å². The molecule has 0 bridgehead atoms. The van der Waals surface area contributed by atoms with E-state index in [-0.39, 0.29) is 54.1 Å². The van der Waals surface area contributed by atoms with Crippen molar-refractivity contribution >= 4 is 59.8 Å². The van der Waals surface area contributed by atoms with Crippen LogP contribution in [0.3, 0.4) is 0 Å². The molecule has 536 valence electrons. The first-order chi connectivity index (χ1) is 47.0. The minimum Gasteiger partial charge on any atom is -0.504 e. The van der Waals surface area contributed by atoms with Crippen molar-refractivity contribution < 1.29 is 112 Å². The number of nitrogens with one attached hydrogen (secondary N) is 6. The van der Waals surface area contributed by atoms with Crippen molar-refractivity contribution in [3.05, 3.63) is 90.5 Å². The number of ether oxygens (including phenoxy) is 3. The fourth-order valence-corrected chi connectivity index (χ4v) is 11.6. The van der Waals surface area contributed by atoms with E-state index < -0.39 is 177 Å². The highest BCUT2D eigenvalue weighted by Crippen LogP contribution is 2.32. The lowest BCUT2D eigenvalue weighted by molar-refractivity contribution is -0.433. The average Bonchev–Trinajstić information content (AvgIpc) is 1.63. The van der Waals surface area contributed by atoms with Gasteiger partial charge in [0.15, 0.2) is 11.5 Å². The molecule has 33 nitrogen and oxygen atoms in total. The summed E-state index contributed by atoms with van der Waals surface area (Å²) in [7, 11) is 1.71. The molecule has 0 radical (unpaired) electrons. The number of hydrogen-bond donors (Lipinski definition) is 14. The Labute approximate surface area is 568 Å². The number of phenolic OH excluding ortho intramolecular Hbond substituents is 1. The van der Waals surface area contributed by atoms with Gasteiger partial charge in [-0.3, -0.25) is 33.6 Å². The zero-order valence-corrected chi connectivity index (χ0v) is 55.1. The number of phenols is 1. The number of rotatable bonds is 29. The lowest BCUT2D eigenvalue weighted by atomic mass is 9.98. The van der Waals surface area contributed by atoms with Gasteiger partial charge in [-0.1, -0.05) is 84.4 Å². The molecular formula is C64H86N10O23S. The van der Waals surface area contributed by atoms with Crippen LogP contribution >= 0.6 is 12.3 Å². The number of methoxy groups -OCH3 is 1. The van der Waals surface area contributed by atoms with Gasteiger partial charge in [-0.15, -0.1) is 0 Å². The number of aromatic nitrogens is 2. The third kappa shape index (κ3) is 21.7. The van der Waals surface area contributed by atoms with Crippen molar-refractivity contribution in [3.63, 3.8) is 0 Å². The number of amides is 8. The molecule has 13 atom stereocenters. The molecule has 3 aliphatic rings. The van der Waals surface area contributed by atoms with E-state index in [1.807, 2.05) is 0 Å². The number of nitrogens with zero attached hydrogens (tertiary/aromatic N) is 4. The molecule has 98 heavy (non-hydrogen) atoms. The minimum atomic E-state index is -2.19. The van der Waals surface area contributed by atoms with Gasteiger partial charge in [0, 0.05) is 81.8 Å². The summed E-state index contributed by atoms with van der Waals surface area (Å²) >= 11 is 0.0593. The second-order valence-electron chi connectivity index (χ2n) is 24.0. The van der Waals surface area contributed by atoms with Crippen LogP contribution in [0.4, 0.5) is 4.79 Å². The smallest absolute Gasteiger partial charge is 0.407 e. The zero-order valence-electron chi connectivity index (χ0n) is 54.3. The van der Waals surface area contributed by atoms with Crippen LogP contribution in [-0.4, -0.2) is 234 Å². The molecule has 7 rings (SSSR count). The van der Waals surface area contributed by atoms with Crippen LogP contribution in [0.1, 0.15) is 94.0 Å². The van der Waals surface area contributed by atoms with Gasteiger partial charge in [0.05, 0.1) is 43.2 Å². The molecule has 0 aliphatic carbocycles. The molecule has 0 spiro atoms. The van der Waals surface area contributed by atoms with Crippen LogP contribution in [-0.2, 0) is 54.0 Å². The largest absolute Gasteiger partial charge is 0.504 e. The van der Waals surface area contributed by atoms with Crippen molar-refractivity contribution in [2.75, 3.05) is 53.1 Å². The average molecular weight is 1400 g/mol. The summed E-state index contributed by atoms with van der Waals surface area (Å²) < 4.78 is 30.9. The summed E-state index contributed by atoms with van der Waals surface area (Å²) in [6, 6.07) is 4.84. The summed E-state index contributed by atoms with van der Waals surface area (Å²) in [5.41, 5.74) is 1.08. The molecular weight excluding hydrogens is 1310 g/mol. The molecule has 3 fully saturated rings. The molecule has 8 amide bonds. The highest BCUT2D eigenvalue weighted by Gasteiger charge is 2.50. The normalized spacial score (nSPS) is 23.7. The number of aromatic hydroxyl groups is 1. The first-order valence-corrected chi connectivity index (χ1v) is 32.7. The highest BCUT2D eigenvalue weighted by atomic mass is 32.2. The Balaban J connectivity index is 1.14. The number of aliphatic hydroxyl groups is 6. The van der Waals surface area contributed by atoms with Crippen LogP contribution in [0.25, 0.3) is 22.8 Å². The van der Waals surface area contributed by atoms with Gasteiger partial charge in [0.25, 0.3) is 24.1 Å². The maximum Gasteiger partial charge on any atom is 0.407 e. The predicted octanol–water partition coefficient (Wildman–Crippen LogP) is 0.479. The number of unbranched alkanes of at least 4 members (excludes halogenated alkanes) is 6. The number of fused-ring (bicyclic) bond motifs is 2. The van der Waals surface area contributed by atoms with Crippen LogP contribution in [0.5, 0.6) is 17.2 Å². The second kappa shape index (κ2) is 38.0. The summed E-state index contributed by atoms with van der Waals surface area (Å²) in [5, 5.41) is 110. The van der Waals surface area contributed by atoms with E-state index in [0.717, 1.165) is 67.6 Å². The van der Waals surface area contributed by atoms with E-state index in [1.54, 1.807) is 31.4 Å². The molecule has 0 unspecified atom stereocenters. The fraction of sp³-hybridized carbons (Fsp3) is 0.531. The molecule has 3 aliphatic heterocycles. The number of aliphatic hydroxyl groups excluding tert-OH is 6. The topological polar surface area (TPSA) is 471 Å². The van der Waals surface area contributed by atoms with Gasteiger partial charge in [-0.2, -0.15) is 4.98 Å². The van der Waals surface area contributed by atoms with Gasteiger partial charge < -0.3 is 100 Å². The van der Waals surface area contributed by atoms with Crippen molar-refractivity contribution in [2.45, 2.75) is 157 Å². The van der Waals surface area contributed by atoms with E-state index in [1.165, 1.54) is 56.2 Å². The molecule has 4 aromatic rings. The summed E-state index contributed by atoms with van der Waals surface area (Å²) in [4.78, 5) is 121. The van der Waals surface area contributed by atoms with Gasteiger partial charge in [-0.05, 0) is 80.3 Å². The number of alkyl carbamates (subject to hydrolysis) is 1. The molecule has 0 saturated carbocycles. The maximum atomic E-state index is 15.0. The van der Waals surface area contributed by atoms with Crippen LogP contribution < -0.4 is 40.8 Å². The first-order valence-electron chi connectivity index (χ1n) is 32.0. The van der Waals surface area contributed by atoms with Gasteiger partial charge >= 0.3 is 6.09 Å². The summed E-state index contributed by atoms with van der Waals surface area (Å²) in [5.74, 6) is -8.81. The molecule has 14 N–H and O–H groups in total. The number of benzene rings is 3. The standard InChI is InChI=1S/C64H86N10O23S/c1-5-25-93-64(89)65-24-23-47(79)52-63(88)74-33-35(2)54(81)53(74)60(86)66-32-41(76)30-44(67-56(82)39-16-14-38(15-17-39)55-71-61(94-72-55)40-18-20-43(21-19-40)92-27-12-10-8-6-7-9-11-26-91-4)57(83)68-50(36(3)75)62(87)73-34-42(77)31-45(73)58(84)69-51(59(85)70-52)48(80)28-37-13-22-46(78)49(29-37)95-98-97-96-90/h5,13-22,29,35-36,41-42,44-45,47-48,50-54,75-81,90H,1,6-12,23-28,30-34H2,2-4H3,(H,65,89)(H,66,86)(H,67,82)(H,68,83)(H,69,84)(H,70,85)/t35-,36-,41+,42+,44+,45+,47-,48-,50+,51+,52+,53+,54+/m1/s1. The molecule has 1 aromatic heterocycles. The summed E-state index contributed by atoms with van der Waals surface area (Å²) in [6.07, 6.45) is -5.00. The molecule has 3 saturated heterocycles. The van der Waals surface area contributed by atoms with E-state index >= 15 is 0 Å². The van der Waals surface area contributed by atoms with Crippen molar-refractivity contribution in [1.82, 2.24) is 51.8 Å². The van der Waals surface area contributed by atoms with Crippen LogP contribution in [0.2, 0.25) is 0 Å². The van der Waals surface area contributed by atoms with E-state index in [2.05, 4.69) is 58.0 Å². The van der Waals surface area contributed by atoms with Crippen LogP contribution in [0, 0.1) is 5.92 Å². The predicted molar refractivity (Wildman–Crippen MR) is 345 cm³/mol. The second-order valence-corrected chi connectivity index (χ2v) is 24.5. The SMILES string of the molecule is C=CCOC(=O)NCC[C@@H](O)[C@@H]1NC(=O)[C@H]([C@H](O)Cc2ccc(O)c(OSOOO)c2)NC(=O)[C@@H]2C[C@H](O)CN2C(=O)[C@H]([C@@H](C)O)NC(=O)[C@@H](NC(=O)c2ccc(-c3noc(-c4ccc(OCCCCCCCCCOC)cc4)n3)cc2)C[C@H](O)CNC(=O)[C@@H]2[C@@H](O)[C@H](C)CN2C1=O. The van der Waals surface area contributed by atoms with E-state index in [9.17, 15) is 74.1 Å². The number of carbonyl (C=O) groups excluding carboxylic acids is 8. The lowest BCUT2D eigenvalue weighted by Gasteiger charge is -2.34. The number of β-amino-alcohol motifs (C(OH)–C–C–N with tert-alkyl or cyclic N) is 1. The van der Waals surface area contributed by atoms with Crippen molar-refractivity contribution in [2.24, 2.45) is 5.92 Å². The Hall–Kier alpha value is -8.55. The number of hydrogen-bond acceptors (Lipinski definition) is 26. The third-order valence-electron chi connectivity index (χ3n) is 16.6. The Morgan fingerprint density at radius 3 is 2.13 bits per heavy atom. The van der Waals surface area contributed by atoms with E-state index in [4.69, 9.17) is 28.2 Å². The Kier molecular flexibility index (Phi) is 29.8. The first kappa shape index (κ1) is 76.8. The van der Waals surface area contributed by atoms with Gasteiger partial charge in [-0.25, -0.2) is 10.1 Å². The molecule has 34 heteroatoms. The molecule has 4 heterocycles. The van der Waals surface area contributed by atoms with E-state index in [0.29, 0.717) is 23.5 Å². The quantitative estimate of drug-likeness (QED) is 0.0116. The Morgan fingerprint density at radius 1 is 0.786 bits per heavy atom. The lowest BCUT2D eigenvalue weighted by Crippen LogP contribution is -2.64. The maximum absolute atomic E-state index is 15.0.